The van der Waals surface area contributed by atoms with E-state index < -0.39 is 24.3 Å². The van der Waals surface area contributed by atoms with Crippen molar-refractivity contribution in [1.82, 2.24) is 9.97 Å². The van der Waals surface area contributed by atoms with E-state index in [2.05, 4.69) is 15.3 Å². The summed E-state index contributed by atoms with van der Waals surface area (Å²) in [7, 11) is 0. The van der Waals surface area contributed by atoms with E-state index in [4.69, 9.17) is 10.5 Å². The maximum atomic E-state index is 13.1. The van der Waals surface area contributed by atoms with Crippen molar-refractivity contribution in [2.75, 3.05) is 17.7 Å². The molecular weight excluding hydrogens is 291 g/mol. The average molecular weight is 304 g/mol. The van der Waals surface area contributed by atoms with E-state index in [-0.39, 0.29) is 11.5 Å². The van der Waals surface area contributed by atoms with E-state index in [9.17, 15) is 14.0 Å². The Kier molecular flexibility index (Phi) is 4.62. The number of nitrogens with zero attached hydrogens (tertiary/aromatic N) is 2. The average Bonchev–Trinajstić information content (AvgIpc) is 2.49. The molecule has 0 bridgehead atoms. The van der Waals surface area contributed by atoms with E-state index in [0.29, 0.717) is 11.3 Å². The fraction of sp³-hybridized carbons (Fsp3) is 0.143. The number of nitrogen functional groups attached to an aromatic ring is 1. The number of anilines is 2. The lowest BCUT2D eigenvalue weighted by atomic mass is 10.2. The lowest BCUT2D eigenvalue weighted by Gasteiger charge is -2.09. The van der Waals surface area contributed by atoms with Crippen LogP contribution in [0.2, 0.25) is 0 Å². The van der Waals surface area contributed by atoms with E-state index in [1.165, 1.54) is 30.6 Å². The molecule has 0 unspecified atom stereocenters. The molecule has 0 saturated heterocycles. The summed E-state index contributed by atoms with van der Waals surface area (Å²) in [6.07, 6.45) is 2.61. The fourth-order valence-electron chi connectivity index (χ4n) is 1.62. The molecule has 3 N–H and O–H groups in total. The minimum Gasteiger partial charge on any atom is -0.451 e. The van der Waals surface area contributed by atoms with Crippen LogP contribution in [-0.2, 0) is 9.53 Å². The Balaban J connectivity index is 1.94. The summed E-state index contributed by atoms with van der Waals surface area (Å²) in [6.45, 7) is 1.16. The van der Waals surface area contributed by atoms with Crippen LogP contribution >= 0.6 is 0 Å². The molecule has 0 radical (unpaired) electrons. The van der Waals surface area contributed by atoms with Crippen LogP contribution in [0.15, 0.2) is 30.6 Å². The van der Waals surface area contributed by atoms with Crippen LogP contribution in [0.3, 0.4) is 0 Å². The van der Waals surface area contributed by atoms with Gasteiger partial charge in [0.25, 0.3) is 5.91 Å². The van der Waals surface area contributed by atoms with Gasteiger partial charge in [-0.3, -0.25) is 4.79 Å². The third kappa shape index (κ3) is 3.75. The lowest BCUT2D eigenvalue weighted by molar-refractivity contribution is -0.119. The quantitative estimate of drug-likeness (QED) is 0.824. The number of esters is 1. The monoisotopic (exact) mass is 304 g/mol. The Labute approximate surface area is 125 Å². The molecule has 0 aliphatic rings. The van der Waals surface area contributed by atoms with Gasteiger partial charge < -0.3 is 15.8 Å². The largest absolute Gasteiger partial charge is 0.451 e. The maximum Gasteiger partial charge on any atom is 0.361 e. The molecule has 0 aliphatic heterocycles. The summed E-state index contributed by atoms with van der Waals surface area (Å²) in [4.78, 5) is 30.8. The van der Waals surface area contributed by atoms with Crippen LogP contribution in [0.1, 0.15) is 16.1 Å². The van der Waals surface area contributed by atoms with Crippen molar-refractivity contribution in [3.8, 4) is 0 Å². The molecule has 0 saturated carbocycles. The second kappa shape index (κ2) is 6.61. The number of nitrogens with two attached hydrogens (primary N) is 1. The summed E-state index contributed by atoms with van der Waals surface area (Å²) >= 11 is 0. The number of carbonyl (C=O) groups excluding carboxylic acids is 2. The van der Waals surface area contributed by atoms with Crippen LogP contribution < -0.4 is 11.1 Å². The fourth-order valence-corrected chi connectivity index (χ4v) is 1.62. The van der Waals surface area contributed by atoms with Gasteiger partial charge in [-0.15, -0.1) is 0 Å². The van der Waals surface area contributed by atoms with Gasteiger partial charge in [0.15, 0.2) is 18.1 Å². The minimum absolute atomic E-state index is 0.0890. The molecule has 2 rings (SSSR count). The van der Waals surface area contributed by atoms with Crippen LogP contribution in [0.25, 0.3) is 0 Å². The number of benzene rings is 1. The second-order valence-electron chi connectivity index (χ2n) is 4.37. The molecule has 7 nitrogen and oxygen atoms in total. The number of aromatic nitrogens is 2. The van der Waals surface area contributed by atoms with Gasteiger partial charge in [0.05, 0.1) is 0 Å². The molecular formula is C14H13FN4O3. The van der Waals surface area contributed by atoms with Gasteiger partial charge >= 0.3 is 5.97 Å². The Morgan fingerprint density at radius 1 is 1.32 bits per heavy atom. The van der Waals surface area contributed by atoms with Crippen molar-refractivity contribution in [3.05, 3.63) is 47.7 Å². The van der Waals surface area contributed by atoms with Crippen LogP contribution in [0.4, 0.5) is 15.9 Å². The first-order chi connectivity index (χ1) is 10.5. The molecule has 2 aromatic rings. The molecule has 0 atom stereocenters. The number of hydrogen-bond acceptors (Lipinski definition) is 6. The van der Waals surface area contributed by atoms with Gasteiger partial charge in [-0.05, 0) is 24.6 Å². The lowest BCUT2D eigenvalue weighted by Crippen LogP contribution is -2.22. The highest BCUT2D eigenvalue weighted by Crippen LogP contribution is 2.15. The number of amides is 1. The Hall–Kier alpha value is -3.03. The maximum absolute atomic E-state index is 13.1. The van der Waals surface area contributed by atoms with Crippen LogP contribution in [-0.4, -0.2) is 28.5 Å². The highest BCUT2D eigenvalue weighted by molar-refractivity contribution is 5.96. The molecule has 1 amide bonds. The molecule has 1 aromatic carbocycles. The normalized spacial score (nSPS) is 10.1. The minimum atomic E-state index is -0.864. The highest BCUT2D eigenvalue weighted by Gasteiger charge is 2.15. The van der Waals surface area contributed by atoms with Gasteiger partial charge in [0.2, 0.25) is 0 Å². The van der Waals surface area contributed by atoms with Crippen molar-refractivity contribution in [2.24, 2.45) is 0 Å². The zero-order valence-electron chi connectivity index (χ0n) is 11.7. The van der Waals surface area contributed by atoms with Gasteiger partial charge in [-0.2, -0.15) is 0 Å². The van der Waals surface area contributed by atoms with Crippen molar-refractivity contribution in [1.29, 1.82) is 0 Å². The Morgan fingerprint density at radius 3 is 2.77 bits per heavy atom. The second-order valence-corrected chi connectivity index (χ2v) is 4.37. The SMILES string of the molecule is Cc1ccc(F)cc1NC(=O)COC(=O)c1nccnc1N. The number of hydrogen-bond donors (Lipinski definition) is 2. The zero-order valence-corrected chi connectivity index (χ0v) is 11.7. The Bertz CT molecular complexity index is 721. The first-order valence-corrected chi connectivity index (χ1v) is 6.27. The number of halogens is 1. The number of ether oxygens (including phenoxy) is 1. The topological polar surface area (TPSA) is 107 Å². The van der Waals surface area contributed by atoms with Crippen molar-refractivity contribution < 1.29 is 18.7 Å². The summed E-state index contributed by atoms with van der Waals surface area (Å²) < 4.78 is 17.9. The van der Waals surface area contributed by atoms with Gasteiger partial charge in [-0.25, -0.2) is 19.2 Å². The highest BCUT2D eigenvalue weighted by atomic mass is 19.1. The number of carbonyl (C=O) groups is 2. The van der Waals surface area contributed by atoms with E-state index in [0.717, 1.165) is 0 Å². The Morgan fingerprint density at radius 2 is 2.05 bits per heavy atom. The molecule has 0 fully saturated rings. The smallest absolute Gasteiger partial charge is 0.361 e. The molecule has 1 aromatic heterocycles. The first kappa shape index (κ1) is 15.4. The molecule has 114 valence electrons. The summed E-state index contributed by atoms with van der Waals surface area (Å²) in [6, 6.07) is 3.98. The number of rotatable bonds is 4. The predicted molar refractivity (Wildman–Crippen MR) is 76.5 cm³/mol. The summed E-state index contributed by atoms with van der Waals surface area (Å²) in [5.41, 5.74) is 6.29. The molecule has 1 heterocycles. The van der Waals surface area contributed by atoms with Gasteiger partial charge in [0.1, 0.15) is 5.82 Å². The first-order valence-electron chi connectivity index (χ1n) is 6.27. The van der Waals surface area contributed by atoms with Gasteiger partial charge in [-0.1, -0.05) is 6.07 Å². The van der Waals surface area contributed by atoms with E-state index in [1.807, 2.05) is 0 Å². The summed E-state index contributed by atoms with van der Waals surface area (Å²) in [5, 5.41) is 2.45. The predicted octanol–water partition coefficient (Wildman–Crippen LogP) is 1.30. The molecule has 0 aliphatic carbocycles. The van der Waals surface area contributed by atoms with Crippen LogP contribution in [0, 0.1) is 12.7 Å². The summed E-state index contributed by atoms with van der Waals surface area (Å²) in [5.74, 6) is -2.04. The van der Waals surface area contributed by atoms with Crippen molar-refractivity contribution >= 4 is 23.4 Å². The van der Waals surface area contributed by atoms with Crippen molar-refractivity contribution in [2.45, 2.75) is 6.92 Å². The van der Waals surface area contributed by atoms with E-state index in [1.54, 1.807) is 6.92 Å². The number of nitrogens with one attached hydrogen (secondary N) is 1. The zero-order chi connectivity index (χ0) is 16.1. The van der Waals surface area contributed by atoms with E-state index >= 15 is 0 Å². The third-order valence-corrected chi connectivity index (χ3v) is 2.73. The molecule has 0 spiro atoms. The third-order valence-electron chi connectivity index (χ3n) is 2.73. The molecule has 8 heteroatoms. The molecule has 22 heavy (non-hydrogen) atoms. The van der Waals surface area contributed by atoms with Crippen molar-refractivity contribution in [3.63, 3.8) is 0 Å². The standard InChI is InChI=1S/C14H13FN4O3/c1-8-2-3-9(15)6-10(8)19-11(20)7-22-14(21)12-13(16)18-5-4-17-12/h2-6H,7H2,1H3,(H2,16,18)(H,19,20). The van der Waals surface area contributed by atoms with Crippen LogP contribution in [0.5, 0.6) is 0 Å². The van der Waals surface area contributed by atoms with Gasteiger partial charge in [0, 0.05) is 18.1 Å². The number of aryl methyl sites for hydroxylation is 1.